The van der Waals surface area contributed by atoms with E-state index in [0.29, 0.717) is 11.7 Å². The minimum Gasteiger partial charge on any atom is -0.497 e. The molecule has 1 amide bonds. The molecule has 1 aromatic carbocycles. The summed E-state index contributed by atoms with van der Waals surface area (Å²) in [5, 5.41) is 3.06. The molecule has 20 heavy (non-hydrogen) atoms. The SMILES string of the molecule is COc1cccc(SCC(=O)NCC2CCCCC2)c1. The van der Waals surface area contributed by atoms with E-state index in [1.54, 1.807) is 18.9 Å². The van der Waals surface area contributed by atoms with Gasteiger partial charge in [0, 0.05) is 11.4 Å². The number of thioether (sulfide) groups is 1. The number of benzene rings is 1. The maximum atomic E-state index is 11.9. The molecular weight excluding hydrogens is 270 g/mol. The van der Waals surface area contributed by atoms with Crippen molar-refractivity contribution >= 4 is 17.7 Å². The van der Waals surface area contributed by atoms with Gasteiger partial charge >= 0.3 is 0 Å². The van der Waals surface area contributed by atoms with Gasteiger partial charge in [-0.05, 0) is 37.0 Å². The zero-order valence-electron chi connectivity index (χ0n) is 12.1. The molecule has 1 aliphatic carbocycles. The third-order valence-electron chi connectivity index (χ3n) is 3.72. The molecule has 0 spiro atoms. The number of ether oxygens (including phenoxy) is 1. The van der Waals surface area contributed by atoms with E-state index in [-0.39, 0.29) is 5.91 Å². The molecule has 0 atom stereocenters. The van der Waals surface area contributed by atoms with Crippen LogP contribution in [-0.4, -0.2) is 25.3 Å². The van der Waals surface area contributed by atoms with Crippen LogP contribution in [0.25, 0.3) is 0 Å². The van der Waals surface area contributed by atoms with Crippen LogP contribution in [0.5, 0.6) is 5.75 Å². The number of nitrogens with one attached hydrogen (secondary N) is 1. The summed E-state index contributed by atoms with van der Waals surface area (Å²) in [6, 6.07) is 7.81. The third kappa shape index (κ3) is 5.08. The molecule has 3 nitrogen and oxygen atoms in total. The van der Waals surface area contributed by atoms with Crippen LogP contribution in [0.4, 0.5) is 0 Å². The molecular formula is C16H23NO2S. The normalized spacial score (nSPS) is 15.8. The van der Waals surface area contributed by atoms with Crippen molar-refractivity contribution in [1.29, 1.82) is 0 Å². The summed E-state index contributed by atoms with van der Waals surface area (Å²) in [4.78, 5) is 12.9. The fourth-order valence-corrected chi connectivity index (χ4v) is 3.31. The number of hydrogen-bond acceptors (Lipinski definition) is 3. The monoisotopic (exact) mass is 293 g/mol. The number of amides is 1. The first-order chi connectivity index (χ1) is 9.78. The summed E-state index contributed by atoms with van der Waals surface area (Å²) in [6.07, 6.45) is 6.53. The van der Waals surface area contributed by atoms with Gasteiger partial charge in [0.1, 0.15) is 5.75 Å². The fraction of sp³-hybridized carbons (Fsp3) is 0.562. The first kappa shape index (κ1) is 15.2. The Morgan fingerprint density at radius 1 is 1.35 bits per heavy atom. The molecule has 0 aliphatic heterocycles. The second-order valence-corrected chi connectivity index (χ2v) is 6.32. The maximum Gasteiger partial charge on any atom is 0.230 e. The Kier molecular flexibility index (Phi) is 6.25. The Labute approximate surface area is 125 Å². The van der Waals surface area contributed by atoms with Crippen molar-refractivity contribution in [3.8, 4) is 5.75 Å². The predicted octanol–water partition coefficient (Wildman–Crippen LogP) is 3.48. The van der Waals surface area contributed by atoms with Crippen LogP contribution in [0.2, 0.25) is 0 Å². The van der Waals surface area contributed by atoms with Gasteiger partial charge in [0.15, 0.2) is 0 Å². The topological polar surface area (TPSA) is 38.3 Å². The molecule has 1 aromatic rings. The Morgan fingerprint density at radius 2 is 2.15 bits per heavy atom. The van der Waals surface area contributed by atoms with Crippen molar-refractivity contribution in [2.45, 2.75) is 37.0 Å². The number of carbonyl (C=O) groups is 1. The smallest absolute Gasteiger partial charge is 0.230 e. The van der Waals surface area contributed by atoms with Crippen LogP contribution in [-0.2, 0) is 4.79 Å². The molecule has 1 N–H and O–H groups in total. The summed E-state index contributed by atoms with van der Waals surface area (Å²) in [5.74, 6) is 2.12. The van der Waals surface area contributed by atoms with Crippen molar-refractivity contribution in [3.63, 3.8) is 0 Å². The molecule has 0 saturated heterocycles. The molecule has 0 heterocycles. The summed E-state index contributed by atoms with van der Waals surface area (Å²) in [7, 11) is 1.65. The van der Waals surface area contributed by atoms with Gasteiger partial charge in [-0.15, -0.1) is 11.8 Å². The quantitative estimate of drug-likeness (QED) is 0.816. The first-order valence-corrected chi connectivity index (χ1v) is 8.30. The van der Waals surface area contributed by atoms with Crippen molar-refractivity contribution in [1.82, 2.24) is 5.32 Å². The lowest BCUT2D eigenvalue weighted by Gasteiger charge is -2.21. The maximum absolute atomic E-state index is 11.9. The first-order valence-electron chi connectivity index (χ1n) is 7.31. The van der Waals surface area contributed by atoms with Crippen LogP contribution in [0.3, 0.4) is 0 Å². The molecule has 0 radical (unpaired) electrons. The average Bonchev–Trinajstić information content (AvgIpc) is 2.52. The zero-order valence-corrected chi connectivity index (χ0v) is 12.9. The Morgan fingerprint density at radius 3 is 2.90 bits per heavy atom. The molecule has 0 unspecified atom stereocenters. The van der Waals surface area contributed by atoms with E-state index in [9.17, 15) is 4.79 Å². The van der Waals surface area contributed by atoms with Gasteiger partial charge in [0.2, 0.25) is 5.91 Å². The van der Waals surface area contributed by atoms with Crippen molar-refractivity contribution in [3.05, 3.63) is 24.3 Å². The molecule has 0 aromatic heterocycles. The average molecular weight is 293 g/mol. The number of hydrogen-bond donors (Lipinski definition) is 1. The van der Waals surface area contributed by atoms with Gasteiger partial charge in [0.05, 0.1) is 12.9 Å². The van der Waals surface area contributed by atoms with E-state index in [4.69, 9.17) is 4.74 Å². The molecule has 0 bridgehead atoms. The lowest BCUT2D eigenvalue weighted by atomic mass is 9.89. The summed E-state index contributed by atoms with van der Waals surface area (Å²) < 4.78 is 5.17. The van der Waals surface area contributed by atoms with Crippen LogP contribution < -0.4 is 10.1 Å². The summed E-state index contributed by atoms with van der Waals surface area (Å²) in [5.41, 5.74) is 0. The van der Waals surface area contributed by atoms with Crippen LogP contribution in [0, 0.1) is 5.92 Å². The second-order valence-electron chi connectivity index (χ2n) is 5.28. The molecule has 4 heteroatoms. The highest BCUT2D eigenvalue weighted by Crippen LogP contribution is 2.24. The van der Waals surface area contributed by atoms with Crippen LogP contribution in [0.1, 0.15) is 32.1 Å². The van der Waals surface area contributed by atoms with E-state index >= 15 is 0 Å². The second kappa shape index (κ2) is 8.20. The van der Waals surface area contributed by atoms with Crippen LogP contribution in [0.15, 0.2) is 29.2 Å². The molecule has 110 valence electrons. The third-order valence-corrected chi connectivity index (χ3v) is 4.72. The standard InChI is InChI=1S/C16H23NO2S/c1-19-14-8-5-9-15(10-14)20-12-16(18)17-11-13-6-3-2-4-7-13/h5,8-10,13H,2-4,6-7,11-12H2,1H3,(H,17,18). The highest BCUT2D eigenvalue weighted by Gasteiger charge is 2.14. The van der Waals surface area contributed by atoms with Crippen molar-refractivity contribution in [2.24, 2.45) is 5.92 Å². The lowest BCUT2D eigenvalue weighted by Crippen LogP contribution is -2.31. The van der Waals surface area contributed by atoms with Gasteiger partial charge in [-0.2, -0.15) is 0 Å². The van der Waals surface area contributed by atoms with Gasteiger partial charge in [-0.25, -0.2) is 0 Å². The van der Waals surface area contributed by atoms with E-state index in [1.165, 1.54) is 32.1 Å². The molecule has 1 fully saturated rings. The zero-order chi connectivity index (χ0) is 14.2. The Balaban J connectivity index is 1.68. The van der Waals surface area contributed by atoms with Crippen LogP contribution >= 0.6 is 11.8 Å². The highest BCUT2D eigenvalue weighted by atomic mass is 32.2. The van der Waals surface area contributed by atoms with E-state index in [0.717, 1.165) is 17.2 Å². The van der Waals surface area contributed by atoms with E-state index < -0.39 is 0 Å². The largest absolute Gasteiger partial charge is 0.497 e. The predicted molar refractivity (Wildman–Crippen MR) is 83.3 cm³/mol. The minimum absolute atomic E-state index is 0.128. The van der Waals surface area contributed by atoms with Crippen molar-refractivity contribution in [2.75, 3.05) is 19.4 Å². The molecule has 1 saturated carbocycles. The van der Waals surface area contributed by atoms with Gasteiger partial charge < -0.3 is 10.1 Å². The number of rotatable bonds is 6. The Hall–Kier alpha value is -1.16. The van der Waals surface area contributed by atoms with Gasteiger partial charge in [0.25, 0.3) is 0 Å². The van der Waals surface area contributed by atoms with Gasteiger partial charge in [-0.3, -0.25) is 4.79 Å². The van der Waals surface area contributed by atoms with Gasteiger partial charge in [-0.1, -0.05) is 25.3 Å². The number of methoxy groups -OCH3 is 1. The lowest BCUT2D eigenvalue weighted by molar-refractivity contribution is -0.118. The van der Waals surface area contributed by atoms with E-state index in [2.05, 4.69) is 5.32 Å². The minimum atomic E-state index is 0.128. The molecule has 1 aliphatic rings. The Bertz CT molecular complexity index is 430. The fourth-order valence-electron chi connectivity index (χ4n) is 2.54. The summed E-state index contributed by atoms with van der Waals surface area (Å²) in [6.45, 7) is 0.845. The van der Waals surface area contributed by atoms with E-state index in [1.807, 2.05) is 24.3 Å². The molecule has 2 rings (SSSR count). The summed E-state index contributed by atoms with van der Waals surface area (Å²) >= 11 is 1.55. The highest BCUT2D eigenvalue weighted by molar-refractivity contribution is 8.00. The van der Waals surface area contributed by atoms with Crippen molar-refractivity contribution < 1.29 is 9.53 Å². The number of carbonyl (C=O) groups excluding carboxylic acids is 1.